The fourth-order valence-corrected chi connectivity index (χ4v) is 4.02. The minimum absolute atomic E-state index is 0.224. The molecule has 0 N–H and O–H groups in total. The van der Waals surface area contributed by atoms with E-state index in [2.05, 4.69) is 5.16 Å². The third kappa shape index (κ3) is 5.38. The molecule has 31 heavy (non-hydrogen) atoms. The zero-order valence-electron chi connectivity index (χ0n) is 18.7. The molecular weight excluding hydrogens is 396 g/mol. The van der Waals surface area contributed by atoms with Crippen LogP contribution in [0.1, 0.15) is 68.9 Å². The van der Waals surface area contributed by atoms with Crippen molar-refractivity contribution in [3.8, 4) is 5.75 Å². The number of hydrogen-bond acceptors (Lipinski definition) is 6. The summed E-state index contributed by atoms with van der Waals surface area (Å²) in [5.74, 6) is 1.64. The number of aldehydes is 1. The highest BCUT2D eigenvalue weighted by Gasteiger charge is 2.28. The molecule has 2 aliphatic rings. The number of nitrogens with zero attached hydrogens (tertiary/aromatic N) is 2. The van der Waals surface area contributed by atoms with Crippen LogP contribution in [0.4, 0.5) is 4.79 Å². The Balaban J connectivity index is 1.35. The molecule has 1 saturated carbocycles. The van der Waals surface area contributed by atoms with Gasteiger partial charge in [0.1, 0.15) is 5.60 Å². The van der Waals surface area contributed by atoms with Crippen molar-refractivity contribution in [3.05, 3.63) is 23.4 Å². The predicted octanol–water partition coefficient (Wildman–Crippen LogP) is 5.01. The zero-order valence-corrected chi connectivity index (χ0v) is 18.7. The first kappa shape index (κ1) is 21.7. The summed E-state index contributed by atoms with van der Waals surface area (Å²) in [6.45, 7) is 7.73. The van der Waals surface area contributed by atoms with Crippen molar-refractivity contribution in [3.63, 3.8) is 0 Å². The summed E-state index contributed by atoms with van der Waals surface area (Å²) in [6.07, 6.45) is 6.65. The Morgan fingerprint density at radius 2 is 1.94 bits per heavy atom. The molecule has 7 heteroatoms. The fourth-order valence-electron chi connectivity index (χ4n) is 4.02. The first-order valence-corrected chi connectivity index (χ1v) is 11.3. The number of likely N-dealkylation sites (tertiary alicyclic amines) is 1. The quantitative estimate of drug-likeness (QED) is 0.577. The highest BCUT2D eigenvalue weighted by atomic mass is 16.6. The Bertz CT molecular complexity index is 933. The summed E-state index contributed by atoms with van der Waals surface area (Å²) in [5, 5.41) is 5.21. The molecule has 1 aliphatic carbocycles. The van der Waals surface area contributed by atoms with Gasteiger partial charge in [-0.1, -0.05) is 5.16 Å². The predicted molar refractivity (Wildman–Crippen MR) is 116 cm³/mol. The highest BCUT2D eigenvalue weighted by molar-refractivity contribution is 5.93. The molecule has 1 aromatic heterocycles. The van der Waals surface area contributed by atoms with Gasteiger partial charge in [0, 0.05) is 18.5 Å². The van der Waals surface area contributed by atoms with E-state index >= 15 is 0 Å². The molecule has 2 heterocycles. The van der Waals surface area contributed by atoms with Crippen LogP contribution in [0.2, 0.25) is 0 Å². The number of benzene rings is 1. The van der Waals surface area contributed by atoms with Crippen molar-refractivity contribution in [1.82, 2.24) is 10.1 Å². The molecule has 1 aliphatic heterocycles. The summed E-state index contributed by atoms with van der Waals surface area (Å²) in [5.41, 5.74) is 1.51. The lowest BCUT2D eigenvalue weighted by molar-refractivity contribution is 0.0181. The number of aromatic nitrogens is 1. The van der Waals surface area contributed by atoms with Gasteiger partial charge in [-0.2, -0.15) is 0 Å². The van der Waals surface area contributed by atoms with E-state index in [0.29, 0.717) is 35.3 Å². The number of hydrogen-bond donors (Lipinski definition) is 0. The molecule has 0 radical (unpaired) electrons. The molecule has 0 spiro atoms. The van der Waals surface area contributed by atoms with E-state index in [1.54, 1.807) is 11.0 Å². The smallest absolute Gasteiger partial charge is 0.410 e. The molecule has 1 amide bonds. The van der Waals surface area contributed by atoms with Crippen LogP contribution < -0.4 is 4.74 Å². The van der Waals surface area contributed by atoms with E-state index in [1.165, 1.54) is 12.8 Å². The van der Waals surface area contributed by atoms with E-state index in [9.17, 15) is 9.59 Å². The monoisotopic (exact) mass is 428 g/mol. The number of amides is 1. The molecule has 0 atom stereocenters. The number of carbonyl (C=O) groups excluding carboxylic acids is 2. The second kappa shape index (κ2) is 8.89. The zero-order chi connectivity index (χ0) is 22.0. The number of fused-ring (bicyclic) bond motifs is 1. The van der Waals surface area contributed by atoms with Crippen molar-refractivity contribution in [1.29, 1.82) is 0 Å². The molecule has 168 valence electrons. The van der Waals surface area contributed by atoms with Gasteiger partial charge in [-0.25, -0.2) is 4.79 Å². The first-order valence-electron chi connectivity index (χ1n) is 11.3. The maximum Gasteiger partial charge on any atom is 0.410 e. The lowest BCUT2D eigenvalue weighted by Crippen LogP contribution is -2.41. The van der Waals surface area contributed by atoms with Gasteiger partial charge in [0.25, 0.3) is 0 Å². The van der Waals surface area contributed by atoms with Crippen LogP contribution >= 0.6 is 0 Å². The van der Waals surface area contributed by atoms with Crippen LogP contribution in [0.3, 0.4) is 0 Å². The summed E-state index contributed by atoms with van der Waals surface area (Å²) in [7, 11) is 0. The lowest BCUT2D eigenvalue weighted by atomic mass is 9.91. The second-order valence-corrected chi connectivity index (χ2v) is 9.81. The van der Waals surface area contributed by atoms with Crippen molar-refractivity contribution < 1.29 is 23.6 Å². The van der Waals surface area contributed by atoms with Gasteiger partial charge in [-0.3, -0.25) is 4.79 Å². The van der Waals surface area contributed by atoms with Gasteiger partial charge in [0.05, 0.1) is 17.9 Å². The van der Waals surface area contributed by atoms with Crippen LogP contribution in [0.25, 0.3) is 11.0 Å². The van der Waals surface area contributed by atoms with Crippen LogP contribution in [0.15, 0.2) is 16.7 Å². The normalized spacial score (nSPS) is 17.7. The SMILES string of the molecule is CC(C)(C)OC(=O)N1CCC(CCc2noc3c(OCC4CC4)c(C=O)ccc23)CC1. The Hall–Kier alpha value is -2.57. The summed E-state index contributed by atoms with van der Waals surface area (Å²) >= 11 is 0. The third-order valence-corrected chi connectivity index (χ3v) is 6.04. The van der Waals surface area contributed by atoms with E-state index in [-0.39, 0.29) is 6.09 Å². The van der Waals surface area contributed by atoms with Crippen LogP contribution in [-0.4, -0.2) is 47.7 Å². The number of aryl methyl sites for hydroxylation is 1. The summed E-state index contributed by atoms with van der Waals surface area (Å²) in [6, 6.07) is 3.69. The van der Waals surface area contributed by atoms with Gasteiger partial charge in [0.2, 0.25) is 5.58 Å². The molecule has 2 aromatic rings. The first-order chi connectivity index (χ1) is 14.8. The molecule has 2 fully saturated rings. The van der Waals surface area contributed by atoms with E-state index < -0.39 is 5.60 Å². The largest absolute Gasteiger partial charge is 0.488 e. The highest BCUT2D eigenvalue weighted by Crippen LogP contribution is 2.35. The molecule has 7 nitrogen and oxygen atoms in total. The van der Waals surface area contributed by atoms with Crippen molar-refractivity contribution >= 4 is 23.3 Å². The third-order valence-electron chi connectivity index (χ3n) is 6.04. The van der Waals surface area contributed by atoms with E-state index in [4.69, 9.17) is 14.0 Å². The Morgan fingerprint density at radius 1 is 1.19 bits per heavy atom. The van der Waals surface area contributed by atoms with E-state index in [0.717, 1.165) is 56.1 Å². The van der Waals surface area contributed by atoms with Gasteiger partial charge in [0.15, 0.2) is 12.0 Å². The Morgan fingerprint density at radius 3 is 2.58 bits per heavy atom. The lowest BCUT2D eigenvalue weighted by Gasteiger charge is -2.33. The molecule has 1 aromatic carbocycles. The minimum atomic E-state index is -0.465. The molecule has 0 unspecified atom stereocenters. The van der Waals surface area contributed by atoms with Crippen LogP contribution in [0.5, 0.6) is 5.75 Å². The van der Waals surface area contributed by atoms with Gasteiger partial charge in [-0.15, -0.1) is 0 Å². The molecule has 4 rings (SSSR count). The van der Waals surface area contributed by atoms with Crippen molar-refractivity contribution in [2.24, 2.45) is 11.8 Å². The Labute approximate surface area is 183 Å². The summed E-state index contributed by atoms with van der Waals surface area (Å²) < 4.78 is 17.0. The topological polar surface area (TPSA) is 81.9 Å². The number of piperidine rings is 1. The molecule has 1 saturated heterocycles. The van der Waals surface area contributed by atoms with Gasteiger partial charge < -0.3 is 18.9 Å². The fraction of sp³-hybridized carbons (Fsp3) is 0.625. The standard InChI is InChI=1S/C24H32N2O5/c1-24(2,3)30-23(28)26-12-10-16(11-13-26)6-9-20-19-8-7-18(14-27)21(22(19)31-25-20)29-15-17-4-5-17/h7-8,14,16-17H,4-6,9-13,15H2,1-3H3. The maximum atomic E-state index is 12.2. The minimum Gasteiger partial charge on any atom is -0.488 e. The Kier molecular flexibility index (Phi) is 6.21. The van der Waals surface area contributed by atoms with Crippen molar-refractivity contribution in [2.45, 2.75) is 64.9 Å². The maximum absolute atomic E-state index is 12.2. The van der Waals surface area contributed by atoms with Crippen LogP contribution in [-0.2, 0) is 11.2 Å². The molecule has 0 bridgehead atoms. The second-order valence-electron chi connectivity index (χ2n) is 9.81. The number of rotatable bonds is 7. The van der Waals surface area contributed by atoms with Gasteiger partial charge in [-0.05, 0) is 83.3 Å². The number of ether oxygens (including phenoxy) is 2. The molecular formula is C24H32N2O5. The van der Waals surface area contributed by atoms with Gasteiger partial charge >= 0.3 is 6.09 Å². The average molecular weight is 429 g/mol. The van der Waals surface area contributed by atoms with Crippen LogP contribution in [0, 0.1) is 11.8 Å². The summed E-state index contributed by atoms with van der Waals surface area (Å²) in [4.78, 5) is 25.5. The number of carbonyl (C=O) groups is 2. The average Bonchev–Trinajstić information content (AvgIpc) is 3.47. The van der Waals surface area contributed by atoms with Crippen molar-refractivity contribution in [2.75, 3.05) is 19.7 Å². The van der Waals surface area contributed by atoms with E-state index in [1.807, 2.05) is 26.8 Å².